The Balaban J connectivity index is 2.32. The third kappa shape index (κ3) is 3.24. The van der Waals surface area contributed by atoms with Gasteiger partial charge in [-0.2, -0.15) is 5.10 Å². The molecule has 0 aliphatic rings. The lowest BCUT2D eigenvalue weighted by molar-refractivity contribution is -0.384. The Labute approximate surface area is 128 Å². The summed E-state index contributed by atoms with van der Waals surface area (Å²) >= 11 is 6.34. The van der Waals surface area contributed by atoms with Crippen molar-refractivity contribution >= 4 is 17.3 Å². The fourth-order valence-corrected chi connectivity index (χ4v) is 2.78. The number of nitro groups is 1. The lowest BCUT2D eigenvalue weighted by Gasteiger charge is -2.08. The van der Waals surface area contributed by atoms with Crippen LogP contribution in [0.1, 0.15) is 41.2 Å². The number of rotatable bonds is 5. The van der Waals surface area contributed by atoms with Crippen LogP contribution in [0.4, 0.5) is 5.69 Å². The molecule has 1 unspecified atom stereocenters. The summed E-state index contributed by atoms with van der Waals surface area (Å²) in [6, 6.07) is 6.62. The smallest absolute Gasteiger partial charge is 0.265 e. The molecule has 0 radical (unpaired) electrons. The molecule has 0 N–H and O–H groups in total. The molecule has 5 nitrogen and oxygen atoms in total. The van der Waals surface area contributed by atoms with Crippen LogP contribution in [-0.4, -0.2) is 14.7 Å². The van der Waals surface area contributed by atoms with E-state index in [9.17, 15) is 10.1 Å². The summed E-state index contributed by atoms with van der Waals surface area (Å²) in [6.45, 7) is 6.46. The summed E-state index contributed by atoms with van der Waals surface area (Å²) in [7, 11) is 0. The summed E-state index contributed by atoms with van der Waals surface area (Å²) < 4.78 is 1.86. The van der Waals surface area contributed by atoms with E-state index in [1.165, 1.54) is 6.07 Å². The van der Waals surface area contributed by atoms with Crippen molar-refractivity contribution in [3.63, 3.8) is 0 Å². The molecule has 1 heterocycles. The Morgan fingerprint density at radius 2 is 2.14 bits per heavy atom. The predicted molar refractivity (Wildman–Crippen MR) is 82.8 cm³/mol. The first-order valence-electron chi connectivity index (χ1n) is 6.85. The highest BCUT2D eigenvalue weighted by atomic mass is 35.5. The standard InChI is InChI=1S/C15H18ClN3O2/c1-4-14(16)15-10(2)17-18(11(15)3)9-12-6-5-7-13(8-12)19(20)21/h5-8,14H,4,9H2,1-3H3. The van der Waals surface area contributed by atoms with Gasteiger partial charge in [0, 0.05) is 23.4 Å². The van der Waals surface area contributed by atoms with E-state index in [4.69, 9.17) is 11.6 Å². The number of non-ortho nitro benzene ring substituents is 1. The van der Waals surface area contributed by atoms with Gasteiger partial charge < -0.3 is 0 Å². The van der Waals surface area contributed by atoms with Gasteiger partial charge in [0.05, 0.1) is 22.5 Å². The Morgan fingerprint density at radius 3 is 2.76 bits per heavy atom. The van der Waals surface area contributed by atoms with Crippen LogP contribution in [0, 0.1) is 24.0 Å². The van der Waals surface area contributed by atoms with Gasteiger partial charge in [0.1, 0.15) is 0 Å². The molecule has 0 fully saturated rings. The van der Waals surface area contributed by atoms with Crippen molar-refractivity contribution in [3.8, 4) is 0 Å². The number of aryl methyl sites for hydroxylation is 1. The van der Waals surface area contributed by atoms with Crippen LogP contribution < -0.4 is 0 Å². The largest absolute Gasteiger partial charge is 0.269 e. The van der Waals surface area contributed by atoms with Crippen LogP contribution in [0.5, 0.6) is 0 Å². The topological polar surface area (TPSA) is 61.0 Å². The van der Waals surface area contributed by atoms with Gasteiger partial charge >= 0.3 is 0 Å². The molecule has 0 spiro atoms. The third-order valence-corrected chi connectivity index (χ3v) is 4.09. The van der Waals surface area contributed by atoms with Crippen molar-refractivity contribution in [1.29, 1.82) is 0 Å². The van der Waals surface area contributed by atoms with E-state index < -0.39 is 0 Å². The van der Waals surface area contributed by atoms with Crippen LogP contribution in [0.2, 0.25) is 0 Å². The van der Waals surface area contributed by atoms with E-state index in [1.54, 1.807) is 12.1 Å². The second kappa shape index (κ2) is 6.26. The molecule has 1 aromatic heterocycles. The fourth-order valence-electron chi connectivity index (χ4n) is 2.46. The highest BCUT2D eigenvalue weighted by molar-refractivity contribution is 6.20. The average Bonchev–Trinajstić information content (AvgIpc) is 2.73. The van der Waals surface area contributed by atoms with Crippen LogP contribution in [-0.2, 0) is 6.54 Å². The summed E-state index contributed by atoms with van der Waals surface area (Å²) in [6.07, 6.45) is 0.839. The van der Waals surface area contributed by atoms with E-state index in [2.05, 4.69) is 5.10 Å². The van der Waals surface area contributed by atoms with Gasteiger partial charge in [-0.15, -0.1) is 11.6 Å². The molecule has 21 heavy (non-hydrogen) atoms. The first-order valence-corrected chi connectivity index (χ1v) is 7.29. The SMILES string of the molecule is CCC(Cl)c1c(C)nn(Cc2cccc([N+](=O)[O-])c2)c1C. The summed E-state index contributed by atoms with van der Waals surface area (Å²) in [5, 5.41) is 15.3. The Morgan fingerprint density at radius 1 is 1.43 bits per heavy atom. The van der Waals surface area contributed by atoms with Gasteiger partial charge in [-0.3, -0.25) is 14.8 Å². The number of benzene rings is 1. The van der Waals surface area contributed by atoms with Crippen LogP contribution in [0.15, 0.2) is 24.3 Å². The number of nitrogens with zero attached hydrogens (tertiary/aromatic N) is 3. The van der Waals surface area contributed by atoms with Gasteiger partial charge in [-0.1, -0.05) is 19.1 Å². The number of nitro benzene ring substituents is 1. The number of hydrogen-bond donors (Lipinski definition) is 0. The van der Waals surface area contributed by atoms with Crippen molar-refractivity contribution in [2.75, 3.05) is 0 Å². The molecule has 0 bridgehead atoms. The zero-order valence-corrected chi connectivity index (χ0v) is 13.1. The summed E-state index contributed by atoms with van der Waals surface area (Å²) in [5.74, 6) is 0. The first kappa shape index (κ1) is 15.5. The minimum absolute atomic E-state index is 0.0520. The van der Waals surface area contributed by atoms with E-state index in [-0.39, 0.29) is 16.0 Å². The summed E-state index contributed by atoms with van der Waals surface area (Å²) in [5.41, 5.74) is 3.94. The second-order valence-electron chi connectivity index (χ2n) is 5.04. The summed E-state index contributed by atoms with van der Waals surface area (Å²) in [4.78, 5) is 10.4. The number of halogens is 1. The number of aromatic nitrogens is 2. The van der Waals surface area contributed by atoms with Crippen molar-refractivity contribution < 1.29 is 4.92 Å². The second-order valence-corrected chi connectivity index (χ2v) is 5.57. The normalized spacial score (nSPS) is 12.4. The van der Waals surface area contributed by atoms with Gasteiger partial charge in [-0.25, -0.2) is 0 Å². The molecule has 0 aliphatic carbocycles. The van der Waals surface area contributed by atoms with E-state index in [0.717, 1.165) is 28.9 Å². The Hall–Kier alpha value is -1.88. The molecule has 112 valence electrons. The lowest BCUT2D eigenvalue weighted by atomic mass is 10.1. The minimum atomic E-state index is -0.387. The zero-order valence-electron chi connectivity index (χ0n) is 12.3. The van der Waals surface area contributed by atoms with Crippen molar-refractivity contribution in [3.05, 3.63) is 56.9 Å². The predicted octanol–water partition coefficient (Wildman–Crippen LogP) is 4.15. The molecule has 6 heteroatoms. The van der Waals surface area contributed by atoms with E-state index in [1.807, 2.05) is 31.5 Å². The highest BCUT2D eigenvalue weighted by Gasteiger charge is 2.18. The molecular formula is C15H18ClN3O2. The van der Waals surface area contributed by atoms with Gasteiger partial charge in [0.15, 0.2) is 0 Å². The Kier molecular flexibility index (Phi) is 4.63. The molecule has 0 saturated heterocycles. The molecule has 0 saturated carbocycles. The van der Waals surface area contributed by atoms with Crippen molar-refractivity contribution in [2.45, 2.75) is 39.1 Å². The van der Waals surface area contributed by atoms with Gasteiger partial charge in [0.25, 0.3) is 5.69 Å². The fraction of sp³-hybridized carbons (Fsp3) is 0.400. The molecule has 1 aromatic carbocycles. The Bertz CT molecular complexity index is 667. The average molecular weight is 308 g/mol. The molecule has 2 rings (SSSR count). The minimum Gasteiger partial charge on any atom is -0.265 e. The molecular weight excluding hydrogens is 290 g/mol. The van der Waals surface area contributed by atoms with Crippen molar-refractivity contribution in [1.82, 2.24) is 9.78 Å². The van der Waals surface area contributed by atoms with Crippen LogP contribution >= 0.6 is 11.6 Å². The molecule has 0 aliphatic heterocycles. The van der Waals surface area contributed by atoms with E-state index >= 15 is 0 Å². The lowest BCUT2D eigenvalue weighted by Crippen LogP contribution is -2.05. The molecule has 1 atom stereocenters. The highest BCUT2D eigenvalue weighted by Crippen LogP contribution is 2.29. The van der Waals surface area contributed by atoms with Gasteiger partial charge in [0.2, 0.25) is 0 Å². The zero-order chi connectivity index (χ0) is 15.6. The van der Waals surface area contributed by atoms with Crippen molar-refractivity contribution in [2.24, 2.45) is 0 Å². The maximum Gasteiger partial charge on any atom is 0.269 e. The first-order chi connectivity index (χ1) is 9.93. The van der Waals surface area contributed by atoms with Gasteiger partial charge in [-0.05, 0) is 25.8 Å². The quantitative estimate of drug-likeness (QED) is 0.473. The van der Waals surface area contributed by atoms with Crippen LogP contribution in [0.25, 0.3) is 0 Å². The number of hydrogen-bond acceptors (Lipinski definition) is 3. The monoisotopic (exact) mass is 307 g/mol. The molecule has 0 amide bonds. The molecule has 2 aromatic rings. The maximum absolute atomic E-state index is 10.8. The van der Waals surface area contributed by atoms with E-state index in [0.29, 0.717) is 6.54 Å². The third-order valence-electron chi connectivity index (χ3n) is 3.56. The van der Waals surface area contributed by atoms with Crippen LogP contribution in [0.3, 0.4) is 0 Å². The maximum atomic E-state index is 10.8. The number of alkyl halides is 1.